The number of carboxylic acid groups (broad SMARTS) is 1. The standard InChI is InChI=1S/C16H28N2O3/c1-12(2)18(11-13-6-7-13)16(21)17-10-4-3-5-14(17)8-9-15(19)20/h12-14H,3-11H2,1-2H3,(H,19,20). The minimum atomic E-state index is -0.772. The third-order valence-electron chi connectivity index (χ3n) is 4.59. The molecule has 1 saturated heterocycles. The smallest absolute Gasteiger partial charge is 0.320 e. The van der Waals surface area contributed by atoms with Gasteiger partial charge in [0.2, 0.25) is 0 Å². The van der Waals surface area contributed by atoms with Gasteiger partial charge in [0.15, 0.2) is 0 Å². The molecule has 21 heavy (non-hydrogen) atoms. The summed E-state index contributed by atoms with van der Waals surface area (Å²) in [6.07, 6.45) is 6.27. The number of urea groups is 1. The molecule has 0 aromatic carbocycles. The van der Waals surface area contributed by atoms with E-state index in [1.165, 1.54) is 12.8 Å². The van der Waals surface area contributed by atoms with E-state index in [9.17, 15) is 9.59 Å². The summed E-state index contributed by atoms with van der Waals surface area (Å²) in [6.45, 7) is 5.77. The van der Waals surface area contributed by atoms with Crippen LogP contribution in [0.1, 0.15) is 58.8 Å². The normalized spacial score (nSPS) is 22.4. The van der Waals surface area contributed by atoms with E-state index >= 15 is 0 Å². The SMILES string of the molecule is CC(C)N(CC1CC1)C(=O)N1CCCCC1CCC(=O)O. The minimum absolute atomic E-state index is 0.0998. The van der Waals surface area contributed by atoms with Crippen LogP contribution in [-0.2, 0) is 4.79 Å². The van der Waals surface area contributed by atoms with Crippen LogP contribution in [0.3, 0.4) is 0 Å². The molecule has 2 aliphatic rings. The van der Waals surface area contributed by atoms with Crippen molar-refractivity contribution in [2.45, 2.75) is 70.9 Å². The monoisotopic (exact) mass is 296 g/mol. The van der Waals surface area contributed by atoms with E-state index in [1.807, 2.05) is 9.80 Å². The molecule has 1 atom stereocenters. The molecule has 2 rings (SSSR count). The van der Waals surface area contributed by atoms with Crippen LogP contribution in [0.5, 0.6) is 0 Å². The highest BCUT2D eigenvalue weighted by Crippen LogP contribution is 2.31. The summed E-state index contributed by atoms with van der Waals surface area (Å²) in [6, 6.07) is 0.426. The van der Waals surface area contributed by atoms with Crippen LogP contribution in [-0.4, -0.2) is 52.1 Å². The van der Waals surface area contributed by atoms with Gasteiger partial charge in [0.25, 0.3) is 0 Å². The van der Waals surface area contributed by atoms with Crippen LogP contribution in [0.15, 0.2) is 0 Å². The third-order valence-corrected chi connectivity index (χ3v) is 4.59. The molecule has 1 N–H and O–H groups in total. The van der Waals surface area contributed by atoms with E-state index in [2.05, 4.69) is 13.8 Å². The molecule has 0 radical (unpaired) electrons. The summed E-state index contributed by atoms with van der Waals surface area (Å²) >= 11 is 0. The minimum Gasteiger partial charge on any atom is -0.481 e. The first kappa shape index (κ1) is 16.1. The molecule has 5 heteroatoms. The topological polar surface area (TPSA) is 60.9 Å². The molecule has 0 spiro atoms. The maximum Gasteiger partial charge on any atom is 0.320 e. The zero-order chi connectivity index (χ0) is 15.4. The van der Waals surface area contributed by atoms with E-state index < -0.39 is 5.97 Å². The molecule has 1 saturated carbocycles. The molecule has 1 aliphatic heterocycles. The van der Waals surface area contributed by atoms with E-state index in [4.69, 9.17) is 5.11 Å². The third kappa shape index (κ3) is 4.61. The number of piperidine rings is 1. The highest BCUT2D eigenvalue weighted by atomic mass is 16.4. The Labute approximate surface area is 127 Å². The number of amides is 2. The summed E-state index contributed by atoms with van der Waals surface area (Å²) in [5.74, 6) is -0.0923. The highest BCUT2D eigenvalue weighted by Gasteiger charge is 2.34. The lowest BCUT2D eigenvalue weighted by Crippen LogP contribution is -2.52. The van der Waals surface area contributed by atoms with E-state index in [-0.39, 0.29) is 24.5 Å². The molecule has 0 aromatic heterocycles. The fraction of sp³-hybridized carbons (Fsp3) is 0.875. The second-order valence-corrected chi connectivity index (χ2v) is 6.75. The Morgan fingerprint density at radius 2 is 1.95 bits per heavy atom. The quantitative estimate of drug-likeness (QED) is 0.819. The predicted octanol–water partition coefficient (Wildman–Crippen LogP) is 2.95. The maximum atomic E-state index is 12.9. The first-order chi connectivity index (χ1) is 9.99. The number of carboxylic acids is 1. The summed E-state index contributed by atoms with van der Waals surface area (Å²) in [7, 11) is 0. The van der Waals surface area contributed by atoms with E-state index in [0.29, 0.717) is 12.3 Å². The first-order valence-electron chi connectivity index (χ1n) is 8.28. The van der Waals surface area contributed by atoms with Crippen LogP contribution >= 0.6 is 0 Å². The number of hydrogen-bond donors (Lipinski definition) is 1. The molecule has 2 amide bonds. The zero-order valence-corrected chi connectivity index (χ0v) is 13.3. The molecule has 1 unspecified atom stereocenters. The van der Waals surface area contributed by atoms with Gasteiger partial charge in [-0.25, -0.2) is 4.79 Å². The van der Waals surface area contributed by atoms with Crippen molar-refractivity contribution in [3.05, 3.63) is 0 Å². The number of carbonyl (C=O) groups is 2. The Kier molecular flexibility index (Phi) is 5.48. The maximum absolute atomic E-state index is 12.9. The lowest BCUT2D eigenvalue weighted by molar-refractivity contribution is -0.137. The van der Waals surface area contributed by atoms with Gasteiger partial charge >= 0.3 is 12.0 Å². The average Bonchev–Trinajstić information content (AvgIpc) is 3.26. The summed E-state index contributed by atoms with van der Waals surface area (Å²) < 4.78 is 0. The van der Waals surface area contributed by atoms with Crippen LogP contribution < -0.4 is 0 Å². The number of likely N-dealkylation sites (tertiary alicyclic amines) is 1. The number of hydrogen-bond acceptors (Lipinski definition) is 2. The van der Waals surface area contributed by atoms with Crippen molar-refractivity contribution in [1.82, 2.24) is 9.80 Å². The van der Waals surface area contributed by atoms with Gasteiger partial charge < -0.3 is 14.9 Å². The molecule has 120 valence electrons. The van der Waals surface area contributed by atoms with Gasteiger partial charge in [-0.3, -0.25) is 4.79 Å². The van der Waals surface area contributed by atoms with Crippen molar-refractivity contribution in [1.29, 1.82) is 0 Å². The van der Waals surface area contributed by atoms with Crippen LogP contribution in [0.4, 0.5) is 4.79 Å². The molecule has 1 heterocycles. The zero-order valence-electron chi connectivity index (χ0n) is 13.3. The van der Waals surface area contributed by atoms with Crippen molar-refractivity contribution in [3.8, 4) is 0 Å². The van der Waals surface area contributed by atoms with E-state index in [0.717, 1.165) is 32.4 Å². The van der Waals surface area contributed by atoms with Crippen molar-refractivity contribution < 1.29 is 14.7 Å². The molecule has 5 nitrogen and oxygen atoms in total. The van der Waals surface area contributed by atoms with Crippen molar-refractivity contribution in [2.24, 2.45) is 5.92 Å². The Bertz CT molecular complexity index is 380. The largest absolute Gasteiger partial charge is 0.481 e. The average molecular weight is 296 g/mol. The number of aliphatic carboxylic acids is 1. The van der Waals surface area contributed by atoms with Gasteiger partial charge in [0, 0.05) is 31.6 Å². The molecule has 0 bridgehead atoms. The fourth-order valence-corrected chi connectivity index (χ4v) is 3.10. The summed E-state index contributed by atoms with van der Waals surface area (Å²) in [4.78, 5) is 27.6. The number of nitrogens with zero attached hydrogens (tertiary/aromatic N) is 2. The van der Waals surface area contributed by atoms with Crippen LogP contribution in [0, 0.1) is 5.92 Å². The van der Waals surface area contributed by atoms with Crippen LogP contribution in [0.2, 0.25) is 0 Å². The Balaban J connectivity index is 1.99. The predicted molar refractivity (Wildman–Crippen MR) is 81.2 cm³/mol. The Morgan fingerprint density at radius 1 is 1.24 bits per heavy atom. The van der Waals surface area contributed by atoms with Gasteiger partial charge in [-0.05, 0) is 58.3 Å². The number of rotatable bonds is 6. The lowest BCUT2D eigenvalue weighted by Gasteiger charge is -2.40. The van der Waals surface area contributed by atoms with Crippen molar-refractivity contribution in [2.75, 3.05) is 13.1 Å². The molecular formula is C16H28N2O3. The molecule has 1 aliphatic carbocycles. The Morgan fingerprint density at radius 3 is 2.52 bits per heavy atom. The highest BCUT2D eigenvalue weighted by molar-refractivity contribution is 5.75. The second kappa shape index (κ2) is 7.14. The van der Waals surface area contributed by atoms with Gasteiger partial charge in [-0.15, -0.1) is 0 Å². The van der Waals surface area contributed by atoms with E-state index in [1.54, 1.807) is 0 Å². The van der Waals surface area contributed by atoms with Crippen molar-refractivity contribution >= 4 is 12.0 Å². The Hall–Kier alpha value is -1.26. The van der Waals surface area contributed by atoms with Gasteiger partial charge in [0.1, 0.15) is 0 Å². The van der Waals surface area contributed by atoms with Crippen LogP contribution in [0.25, 0.3) is 0 Å². The van der Waals surface area contributed by atoms with Gasteiger partial charge in [-0.2, -0.15) is 0 Å². The fourth-order valence-electron chi connectivity index (χ4n) is 3.10. The molecule has 0 aromatic rings. The summed E-state index contributed by atoms with van der Waals surface area (Å²) in [5, 5.41) is 8.88. The first-order valence-corrected chi connectivity index (χ1v) is 8.28. The van der Waals surface area contributed by atoms with Gasteiger partial charge in [-0.1, -0.05) is 0 Å². The lowest BCUT2D eigenvalue weighted by atomic mass is 9.98. The molecule has 2 fully saturated rings. The molecular weight excluding hydrogens is 268 g/mol. The number of carbonyl (C=O) groups excluding carboxylic acids is 1. The second-order valence-electron chi connectivity index (χ2n) is 6.75. The van der Waals surface area contributed by atoms with Gasteiger partial charge in [0.05, 0.1) is 0 Å². The summed E-state index contributed by atoms with van der Waals surface area (Å²) in [5.41, 5.74) is 0. The van der Waals surface area contributed by atoms with Crippen molar-refractivity contribution in [3.63, 3.8) is 0 Å².